The zero-order chi connectivity index (χ0) is 13.0. The Hall–Kier alpha value is -1.81. The van der Waals surface area contributed by atoms with E-state index in [1.165, 1.54) is 12.1 Å². The predicted molar refractivity (Wildman–Crippen MR) is 70.6 cm³/mol. The Kier molecular flexibility index (Phi) is 3.99. The van der Waals surface area contributed by atoms with Gasteiger partial charge in [-0.3, -0.25) is 4.79 Å². The van der Waals surface area contributed by atoms with Gasteiger partial charge in [0.1, 0.15) is 17.9 Å². The van der Waals surface area contributed by atoms with Crippen LogP contribution in [0.4, 0.5) is 4.39 Å². The third-order valence-corrected chi connectivity index (χ3v) is 2.82. The summed E-state index contributed by atoms with van der Waals surface area (Å²) >= 11 is 4.32. The Morgan fingerprint density at radius 2 is 1.67 bits per heavy atom. The van der Waals surface area contributed by atoms with Crippen LogP contribution in [-0.4, -0.2) is 6.29 Å². The molecule has 0 heterocycles. The van der Waals surface area contributed by atoms with Gasteiger partial charge in [0.2, 0.25) is 0 Å². The number of thiol groups is 1. The molecule has 0 spiro atoms. The van der Waals surface area contributed by atoms with E-state index in [2.05, 4.69) is 12.6 Å². The van der Waals surface area contributed by atoms with Gasteiger partial charge in [0.15, 0.2) is 5.44 Å². The number of aldehydes is 1. The highest BCUT2D eigenvalue weighted by Gasteiger charge is 2.08. The van der Waals surface area contributed by atoms with Gasteiger partial charge in [-0.25, -0.2) is 4.39 Å². The van der Waals surface area contributed by atoms with Crippen LogP contribution in [0.3, 0.4) is 0 Å². The van der Waals surface area contributed by atoms with E-state index in [0.29, 0.717) is 11.3 Å². The fourth-order valence-corrected chi connectivity index (χ4v) is 1.74. The summed E-state index contributed by atoms with van der Waals surface area (Å²) in [7, 11) is 0. The largest absolute Gasteiger partial charge is 0.475 e. The number of hydrogen-bond donors (Lipinski definition) is 1. The maximum absolute atomic E-state index is 12.7. The molecule has 4 heteroatoms. The first-order chi connectivity index (χ1) is 8.69. The molecule has 1 atom stereocenters. The monoisotopic (exact) mass is 262 g/mol. The molecule has 0 bridgehead atoms. The Bertz CT molecular complexity index is 522. The SMILES string of the molecule is O=Cc1ccc(C(S)Oc2ccc(F)cc2)cc1. The first kappa shape index (κ1) is 12.6. The standard InChI is InChI=1S/C14H11FO2S/c15-12-5-7-13(8-6-12)17-14(18)11-3-1-10(9-16)2-4-11/h1-9,14,18H. The average molecular weight is 262 g/mol. The van der Waals surface area contributed by atoms with Crippen LogP contribution in [0.25, 0.3) is 0 Å². The van der Waals surface area contributed by atoms with Crippen molar-refractivity contribution in [2.45, 2.75) is 5.44 Å². The molecule has 0 aliphatic carbocycles. The molecular weight excluding hydrogens is 251 g/mol. The third-order valence-electron chi connectivity index (χ3n) is 2.42. The van der Waals surface area contributed by atoms with Crippen LogP contribution >= 0.6 is 12.6 Å². The van der Waals surface area contributed by atoms with Gasteiger partial charge >= 0.3 is 0 Å². The van der Waals surface area contributed by atoms with Gasteiger partial charge < -0.3 is 4.74 Å². The fraction of sp³-hybridized carbons (Fsp3) is 0.0714. The van der Waals surface area contributed by atoms with Gasteiger partial charge in [-0.15, -0.1) is 12.6 Å². The molecule has 0 saturated carbocycles. The normalized spacial score (nSPS) is 11.9. The number of benzene rings is 2. The van der Waals surface area contributed by atoms with Crippen molar-refractivity contribution < 1.29 is 13.9 Å². The van der Waals surface area contributed by atoms with E-state index in [0.717, 1.165) is 11.8 Å². The van der Waals surface area contributed by atoms with E-state index in [4.69, 9.17) is 4.74 Å². The molecule has 0 aliphatic heterocycles. The van der Waals surface area contributed by atoms with Crippen molar-refractivity contribution >= 4 is 18.9 Å². The van der Waals surface area contributed by atoms with Crippen molar-refractivity contribution in [3.05, 3.63) is 65.5 Å². The van der Waals surface area contributed by atoms with E-state index < -0.39 is 5.44 Å². The van der Waals surface area contributed by atoms with Gasteiger partial charge in [-0.1, -0.05) is 24.3 Å². The van der Waals surface area contributed by atoms with Crippen molar-refractivity contribution in [1.82, 2.24) is 0 Å². The Balaban J connectivity index is 2.08. The van der Waals surface area contributed by atoms with Crippen molar-refractivity contribution in [2.75, 3.05) is 0 Å². The van der Waals surface area contributed by atoms with Gasteiger partial charge in [0, 0.05) is 11.1 Å². The maximum atomic E-state index is 12.7. The summed E-state index contributed by atoms with van der Waals surface area (Å²) in [5, 5.41) is 0. The van der Waals surface area contributed by atoms with Crippen molar-refractivity contribution in [3.63, 3.8) is 0 Å². The second-order valence-electron chi connectivity index (χ2n) is 3.71. The highest BCUT2D eigenvalue weighted by Crippen LogP contribution is 2.25. The molecule has 92 valence electrons. The van der Waals surface area contributed by atoms with Crippen LogP contribution in [0.2, 0.25) is 0 Å². The van der Waals surface area contributed by atoms with Crippen molar-refractivity contribution in [3.8, 4) is 5.75 Å². The minimum absolute atomic E-state index is 0.312. The number of carbonyl (C=O) groups excluding carboxylic acids is 1. The van der Waals surface area contributed by atoms with Crippen LogP contribution in [0.15, 0.2) is 48.5 Å². The molecule has 2 aromatic carbocycles. The first-order valence-electron chi connectivity index (χ1n) is 5.34. The van der Waals surface area contributed by atoms with E-state index in [1.807, 2.05) is 0 Å². The molecule has 2 rings (SSSR count). The number of ether oxygens (including phenoxy) is 1. The van der Waals surface area contributed by atoms with E-state index in [1.54, 1.807) is 36.4 Å². The van der Waals surface area contributed by atoms with Crippen LogP contribution in [0.5, 0.6) is 5.75 Å². The zero-order valence-corrected chi connectivity index (χ0v) is 10.3. The number of hydrogen-bond acceptors (Lipinski definition) is 3. The molecule has 0 saturated heterocycles. The van der Waals surface area contributed by atoms with Crippen molar-refractivity contribution in [2.24, 2.45) is 0 Å². The van der Waals surface area contributed by atoms with Gasteiger partial charge in [-0.05, 0) is 24.3 Å². The van der Waals surface area contributed by atoms with Gasteiger partial charge in [0.05, 0.1) is 0 Å². The third kappa shape index (κ3) is 3.11. The summed E-state index contributed by atoms with van der Waals surface area (Å²) < 4.78 is 18.3. The summed E-state index contributed by atoms with van der Waals surface area (Å²) in [6.45, 7) is 0. The molecule has 2 nitrogen and oxygen atoms in total. The highest BCUT2D eigenvalue weighted by atomic mass is 32.1. The topological polar surface area (TPSA) is 26.3 Å². The second kappa shape index (κ2) is 5.69. The molecule has 18 heavy (non-hydrogen) atoms. The molecule has 0 fully saturated rings. The molecule has 0 radical (unpaired) electrons. The molecule has 0 aliphatic rings. The minimum atomic E-state index is -0.462. The Labute approximate surface area is 110 Å². The molecule has 0 amide bonds. The van der Waals surface area contributed by atoms with E-state index >= 15 is 0 Å². The predicted octanol–water partition coefficient (Wildman–Crippen LogP) is 3.65. The van der Waals surface area contributed by atoms with E-state index in [-0.39, 0.29) is 5.82 Å². The lowest BCUT2D eigenvalue weighted by atomic mass is 10.1. The Morgan fingerprint density at radius 3 is 2.22 bits per heavy atom. The number of halogens is 1. The number of carbonyl (C=O) groups is 1. The lowest BCUT2D eigenvalue weighted by Gasteiger charge is -2.14. The molecule has 0 aromatic heterocycles. The summed E-state index contributed by atoms with van der Waals surface area (Å²) in [5.41, 5.74) is 0.963. The van der Waals surface area contributed by atoms with Crippen LogP contribution in [0.1, 0.15) is 21.4 Å². The van der Waals surface area contributed by atoms with Crippen LogP contribution < -0.4 is 4.74 Å². The second-order valence-corrected chi connectivity index (χ2v) is 4.18. The summed E-state index contributed by atoms with van der Waals surface area (Å²) in [6, 6.07) is 12.7. The van der Waals surface area contributed by atoms with Crippen LogP contribution in [0, 0.1) is 5.82 Å². The lowest BCUT2D eigenvalue weighted by molar-refractivity contribution is 0.112. The lowest BCUT2D eigenvalue weighted by Crippen LogP contribution is -2.00. The molecular formula is C14H11FO2S. The van der Waals surface area contributed by atoms with E-state index in [9.17, 15) is 9.18 Å². The molecule has 0 N–H and O–H groups in total. The maximum Gasteiger partial charge on any atom is 0.167 e. The summed E-state index contributed by atoms with van der Waals surface area (Å²) in [6.07, 6.45) is 0.776. The molecule has 2 aromatic rings. The van der Waals surface area contributed by atoms with Crippen LogP contribution in [-0.2, 0) is 0 Å². The first-order valence-corrected chi connectivity index (χ1v) is 5.86. The van der Waals surface area contributed by atoms with Gasteiger partial charge in [-0.2, -0.15) is 0 Å². The smallest absolute Gasteiger partial charge is 0.167 e. The average Bonchev–Trinajstić information content (AvgIpc) is 2.41. The number of rotatable bonds is 4. The quantitative estimate of drug-likeness (QED) is 0.517. The summed E-state index contributed by atoms with van der Waals surface area (Å²) in [4.78, 5) is 10.5. The zero-order valence-electron chi connectivity index (χ0n) is 9.42. The van der Waals surface area contributed by atoms with Gasteiger partial charge in [0.25, 0.3) is 0 Å². The summed E-state index contributed by atoms with van der Waals surface area (Å²) in [5.74, 6) is 0.226. The highest BCUT2D eigenvalue weighted by molar-refractivity contribution is 7.80. The molecule has 1 unspecified atom stereocenters. The minimum Gasteiger partial charge on any atom is -0.475 e. The fourth-order valence-electron chi connectivity index (χ4n) is 1.45. The van der Waals surface area contributed by atoms with Crippen molar-refractivity contribution in [1.29, 1.82) is 0 Å². The Morgan fingerprint density at radius 1 is 1.06 bits per heavy atom.